The van der Waals surface area contributed by atoms with E-state index >= 15 is 0 Å². The molecule has 0 spiro atoms. The minimum absolute atomic E-state index is 0.469. The van der Waals surface area contributed by atoms with Crippen LogP contribution in [0.15, 0.2) is 43.2 Å². The monoisotopic (exact) mass is 221 g/mol. The Kier molecular flexibility index (Phi) is 4.08. The number of rotatable bonds is 4. The third-order valence-electron chi connectivity index (χ3n) is 1.83. The summed E-state index contributed by atoms with van der Waals surface area (Å²) >= 11 is 0. The lowest BCUT2D eigenvalue weighted by Gasteiger charge is -2.13. The molecular weight excluding hydrogens is 210 g/mol. The highest BCUT2D eigenvalue weighted by atomic mass is 16.5. The largest absolute Gasteiger partial charge is 0.479 e. The Balaban J connectivity index is 2.80. The van der Waals surface area contributed by atoms with Crippen LogP contribution in [0.3, 0.4) is 0 Å². The van der Waals surface area contributed by atoms with E-state index in [-0.39, 0.29) is 0 Å². The average molecular weight is 221 g/mol. The van der Waals surface area contributed by atoms with E-state index in [9.17, 15) is 9.59 Å². The number of ether oxygens (including phenoxy) is 1. The van der Waals surface area contributed by atoms with Crippen molar-refractivity contribution < 1.29 is 19.4 Å². The second-order valence-electron chi connectivity index (χ2n) is 2.90. The molecule has 0 aliphatic heterocycles. The molecule has 2 N–H and O–H groups in total. The van der Waals surface area contributed by atoms with Crippen molar-refractivity contribution in [2.24, 2.45) is 0 Å². The Morgan fingerprint density at radius 2 is 2.00 bits per heavy atom. The van der Waals surface area contributed by atoms with E-state index < -0.39 is 18.1 Å². The number of alkyl carbamates (subject to hydrolysis) is 1. The fourth-order valence-electron chi connectivity index (χ4n) is 1.16. The maximum absolute atomic E-state index is 11.1. The van der Waals surface area contributed by atoms with Crippen molar-refractivity contribution in [3.8, 4) is 0 Å². The first-order valence-corrected chi connectivity index (χ1v) is 4.51. The Morgan fingerprint density at radius 3 is 2.50 bits per heavy atom. The molecule has 1 atom stereocenters. The van der Waals surface area contributed by atoms with Gasteiger partial charge in [0.1, 0.15) is 0 Å². The molecule has 0 saturated heterocycles. The summed E-state index contributed by atoms with van der Waals surface area (Å²) in [4.78, 5) is 22.0. The van der Waals surface area contributed by atoms with Crippen molar-refractivity contribution in [2.75, 3.05) is 0 Å². The fourth-order valence-corrected chi connectivity index (χ4v) is 1.16. The van der Waals surface area contributed by atoms with Crippen molar-refractivity contribution in [3.05, 3.63) is 48.7 Å². The van der Waals surface area contributed by atoms with E-state index in [0.717, 1.165) is 6.26 Å². The van der Waals surface area contributed by atoms with Crippen LogP contribution >= 0.6 is 0 Å². The lowest BCUT2D eigenvalue weighted by molar-refractivity contribution is -0.139. The molecule has 1 aromatic rings. The zero-order chi connectivity index (χ0) is 12.0. The first-order chi connectivity index (χ1) is 7.65. The smallest absolute Gasteiger partial charge is 0.412 e. The summed E-state index contributed by atoms with van der Waals surface area (Å²) in [6.45, 7) is 3.20. The minimum Gasteiger partial charge on any atom is -0.479 e. The normalized spacial score (nSPS) is 11.2. The van der Waals surface area contributed by atoms with E-state index in [1.165, 1.54) is 0 Å². The summed E-state index contributed by atoms with van der Waals surface area (Å²) in [6, 6.07) is 7.20. The molecule has 0 aromatic heterocycles. The van der Waals surface area contributed by atoms with Gasteiger partial charge in [-0.3, -0.25) is 0 Å². The fraction of sp³-hybridized carbons (Fsp3) is 0.0909. The molecule has 16 heavy (non-hydrogen) atoms. The summed E-state index contributed by atoms with van der Waals surface area (Å²) in [7, 11) is 0. The maximum atomic E-state index is 11.1. The number of carbonyl (C=O) groups is 2. The van der Waals surface area contributed by atoms with Crippen LogP contribution in [0.5, 0.6) is 0 Å². The molecule has 0 aliphatic carbocycles. The number of hydrogen-bond acceptors (Lipinski definition) is 3. The Bertz CT molecular complexity index is 388. The lowest BCUT2D eigenvalue weighted by Crippen LogP contribution is -2.33. The SMILES string of the molecule is C=COC(=O)N[C@@H](C(=O)O)c1ccccc1. The third kappa shape index (κ3) is 3.13. The van der Waals surface area contributed by atoms with Gasteiger partial charge < -0.3 is 15.2 Å². The summed E-state index contributed by atoms with van der Waals surface area (Å²) < 4.78 is 4.39. The predicted octanol–water partition coefficient (Wildman–Crippen LogP) is 1.68. The molecule has 0 radical (unpaired) electrons. The molecule has 1 aromatic carbocycles. The minimum atomic E-state index is -1.16. The van der Waals surface area contributed by atoms with Crippen LogP contribution in [0, 0.1) is 0 Å². The van der Waals surface area contributed by atoms with Crippen LogP contribution in [0.4, 0.5) is 4.79 Å². The van der Waals surface area contributed by atoms with Gasteiger partial charge in [0.15, 0.2) is 6.04 Å². The highest BCUT2D eigenvalue weighted by Gasteiger charge is 2.21. The van der Waals surface area contributed by atoms with E-state index in [2.05, 4.69) is 16.6 Å². The van der Waals surface area contributed by atoms with Gasteiger partial charge in [-0.15, -0.1) is 0 Å². The average Bonchev–Trinajstić information content (AvgIpc) is 2.27. The van der Waals surface area contributed by atoms with Gasteiger partial charge in [-0.25, -0.2) is 9.59 Å². The van der Waals surface area contributed by atoms with Crippen LogP contribution in [0.25, 0.3) is 0 Å². The zero-order valence-electron chi connectivity index (χ0n) is 8.42. The molecule has 1 amide bonds. The Morgan fingerprint density at radius 1 is 1.38 bits per heavy atom. The van der Waals surface area contributed by atoms with E-state index in [4.69, 9.17) is 5.11 Å². The number of carboxylic acids is 1. The van der Waals surface area contributed by atoms with Gasteiger partial charge >= 0.3 is 12.1 Å². The van der Waals surface area contributed by atoms with Gasteiger partial charge in [0, 0.05) is 0 Å². The van der Waals surface area contributed by atoms with Crippen molar-refractivity contribution in [2.45, 2.75) is 6.04 Å². The molecule has 0 bridgehead atoms. The predicted molar refractivity (Wildman–Crippen MR) is 56.6 cm³/mol. The molecule has 0 fully saturated rings. The molecule has 0 unspecified atom stereocenters. The van der Waals surface area contributed by atoms with E-state index in [1.54, 1.807) is 30.3 Å². The molecule has 5 nitrogen and oxygen atoms in total. The van der Waals surface area contributed by atoms with Crippen molar-refractivity contribution in [1.82, 2.24) is 5.32 Å². The number of benzene rings is 1. The van der Waals surface area contributed by atoms with E-state index in [0.29, 0.717) is 5.56 Å². The second kappa shape index (κ2) is 5.55. The van der Waals surface area contributed by atoms with Crippen molar-refractivity contribution >= 4 is 12.1 Å². The van der Waals surface area contributed by atoms with Crippen LogP contribution in [-0.2, 0) is 9.53 Å². The second-order valence-corrected chi connectivity index (χ2v) is 2.90. The van der Waals surface area contributed by atoms with Gasteiger partial charge in [0.25, 0.3) is 0 Å². The summed E-state index contributed by atoms with van der Waals surface area (Å²) in [5, 5.41) is 11.1. The number of carbonyl (C=O) groups excluding carboxylic acids is 1. The number of amides is 1. The molecular formula is C11H11NO4. The summed E-state index contributed by atoms with van der Waals surface area (Å²) in [5.41, 5.74) is 0.469. The quantitative estimate of drug-likeness (QED) is 0.758. The molecule has 1 rings (SSSR count). The Labute approximate surface area is 92.3 Å². The van der Waals surface area contributed by atoms with Crippen molar-refractivity contribution in [1.29, 1.82) is 0 Å². The third-order valence-corrected chi connectivity index (χ3v) is 1.83. The van der Waals surface area contributed by atoms with Crippen LogP contribution in [-0.4, -0.2) is 17.2 Å². The Hall–Kier alpha value is -2.30. The number of carboxylic acid groups (broad SMARTS) is 1. The standard InChI is InChI=1S/C11H11NO4/c1-2-16-11(15)12-9(10(13)14)8-6-4-3-5-7-8/h2-7,9H,1H2,(H,12,15)(H,13,14)/t9-/m1/s1. The van der Waals surface area contributed by atoms with Crippen LogP contribution in [0.2, 0.25) is 0 Å². The van der Waals surface area contributed by atoms with Gasteiger partial charge in [0.2, 0.25) is 0 Å². The van der Waals surface area contributed by atoms with Crippen LogP contribution < -0.4 is 5.32 Å². The molecule has 5 heteroatoms. The number of aliphatic carboxylic acids is 1. The van der Waals surface area contributed by atoms with Crippen LogP contribution in [0.1, 0.15) is 11.6 Å². The highest BCUT2D eigenvalue weighted by Crippen LogP contribution is 2.12. The van der Waals surface area contributed by atoms with E-state index in [1.807, 2.05) is 0 Å². The summed E-state index contributed by atoms with van der Waals surface area (Å²) in [5.74, 6) is -1.16. The summed E-state index contributed by atoms with van der Waals surface area (Å²) in [6.07, 6.45) is 0.0745. The highest BCUT2D eigenvalue weighted by molar-refractivity contribution is 5.81. The van der Waals surface area contributed by atoms with Gasteiger partial charge in [0.05, 0.1) is 6.26 Å². The lowest BCUT2D eigenvalue weighted by atomic mass is 10.1. The number of hydrogen-bond donors (Lipinski definition) is 2. The zero-order valence-corrected chi connectivity index (χ0v) is 8.42. The molecule has 0 heterocycles. The van der Waals surface area contributed by atoms with Gasteiger partial charge in [-0.1, -0.05) is 36.9 Å². The molecule has 0 saturated carbocycles. The maximum Gasteiger partial charge on any atom is 0.412 e. The molecule has 0 aliphatic rings. The first-order valence-electron chi connectivity index (χ1n) is 4.51. The van der Waals surface area contributed by atoms with Gasteiger partial charge in [-0.2, -0.15) is 0 Å². The first kappa shape index (κ1) is 11.8. The topological polar surface area (TPSA) is 75.6 Å². The molecule has 84 valence electrons. The van der Waals surface area contributed by atoms with Crippen molar-refractivity contribution in [3.63, 3.8) is 0 Å². The van der Waals surface area contributed by atoms with Gasteiger partial charge in [-0.05, 0) is 5.56 Å². The number of nitrogens with one attached hydrogen (secondary N) is 1.